The van der Waals surface area contributed by atoms with Crippen molar-refractivity contribution in [1.82, 2.24) is 5.32 Å². The predicted molar refractivity (Wildman–Crippen MR) is 163 cm³/mol. The lowest BCUT2D eigenvalue weighted by Gasteiger charge is -2.63. The van der Waals surface area contributed by atoms with Gasteiger partial charge in [0, 0.05) is 13.0 Å². The Bertz CT molecular complexity index is 1130. The molecule has 1 aromatic carbocycles. The standard InChI is InChI=1S/C35H53NO7/c1-21(5-12-32(41)42-4)26-10-11-27-33-28(20-30(39)35(26,27)3)34(2)14-13-25(18-23(34)19-29(33)38)43-16-15-36-31(40)17-22-6-8-24(37)9-7-22/h6-9,21,23,25-30,33,37-39H,5,10-20H2,1-4H3,(H,36,40). The van der Waals surface area contributed by atoms with Gasteiger partial charge in [-0.25, -0.2) is 0 Å². The number of amides is 1. The number of ether oxygens (including phenoxy) is 2. The first-order chi connectivity index (χ1) is 20.5. The minimum Gasteiger partial charge on any atom is -0.508 e. The van der Waals surface area contributed by atoms with Crippen molar-refractivity contribution in [2.24, 2.45) is 46.3 Å². The van der Waals surface area contributed by atoms with Crippen LogP contribution in [0.25, 0.3) is 0 Å². The molecule has 8 heteroatoms. The average molecular weight is 600 g/mol. The summed E-state index contributed by atoms with van der Waals surface area (Å²) in [5.41, 5.74) is 0.679. The molecule has 0 aliphatic heterocycles. The average Bonchev–Trinajstić information content (AvgIpc) is 3.34. The van der Waals surface area contributed by atoms with Crippen LogP contribution in [0.2, 0.25) is 0 Å². The van der Waals surface area contributed by atoms with E-state index in [2.05, 4.69) is 26.1 Å². The van der Waals surface area contributed by atoms with Gasteiger partial charge in [-0.3, -0.25) is 9.59 Å². The zero-order chi connectivity index (χ0) is 30.9. The lowest BCUT2D eigenvalue weighted by molar-refractivity contribution is -0.209. The Kier molecular flexibility index (Phi) is 9.79. The predicted octanol–water partition coefficient (Wildman–Crippen LogP) is 4.63. The zero-order valence-corrected chi connectivity index (χ0v) is 26.5. The molecular formula is C35H53NO7. The van der Waals surface area contributed by atoms with E-state index in [0.29, 0.717) is 49.2 Å². The number of phenolic OH excluding ortho intramolecular Hbond substituents is 1. The van der Waals surface area contributed by atoms with Crippen molar-refractivity contribution in [2.45, 2.75) is 103 Å². The summed E-state index contributed by atoms with van der Waals surface area (Å²) >= 11 is 0. The number of hydrogen-bond donors (Lipinski definition) is 4. The molecule has 5 rings (SSSR count). The third kappa shape index (κ3) is 6.34. The number of rotatable bonds is 10. The number of hydrogen-bond acceptors (Lipinski definition) is 7. The van der Waals surface area contributed by atoms with Crippen LogP contribution in [0, 0.1) is 46.3 Å². The molecule has 4 aliphatic carbocycles. The van der Waals surface area contributed by atoms with E-state index in [9.17, 15) is 24.9 Å². The maximum absolute atomic E-state index is 12.3. The topological polar surface area (TPSA) is 125 Å². The number of aliphatic hydroxyl groups excluding tert-OH is 2. The van der Waals surface area contributed by atoms with Gasteiger partial charge < -0.3 is 30.1 Å². The van der Waals surface area contributed by atoms with Gasteiger partial charge in [0.25, 0.3) is 0 Å². The van der Waals surface area contributed by atoms with E-state index in [1.165, 1.54) is 7.11 Å². The minimum absolute atomic E-state index is 0.0678. The molecule has 0 heterocycles. The van der Waals surface area contributed by atoms with Gasteiger partial charge in [0.05, 0.1) is 38.4 Å². The number of methoxy groups -OCH3 is 1. The van der Waals surface area contributed by atoms with Crippen LogP contribution in [-0.4, -0.2) is 65.8 Å². The molecule has 0 aromatic heterocycles. The number of fused-ring (bicyclic) bond motifs is 5. The summed E-state index contributed by atoms with van der Waals surface area (Å²) < 4.78 is 11.1. The van der Waals surface area contributed by atoms with Crippen LogP contribution in [0.5, 0.6) is 5.75 Å². The van der Waals surface area contributed by atoms with Crippen molar-refractivity contribution in [3.05, 3.63) is 29.8 Å². The molecule has 11 unspecified atom stereocenters. The van der Waals surface area contributed by atoms with Crippen molar-refractivity contribution in [3.8, 4) is 5.75 Å². The maximum Gasteiger partial charge on any atom is 0.305 e. The molecule has 0 radical (unpaired) electrons. The van der Waals surface area contributed by atoms with Gasteiger partial charge in [-0.2, -0.15) is 0 Å². The number of carbonyl (C=O) groups excluding carboxylic acids is 2. The number of nitrogens with one attached hydrogen (secondary N) is 1. The van der Waals surface area contributed by atoms with E-state index in [0.717, 1.165) is 56.9 Å². The SMILES string of the molecule is COC(=O)CCC(C)C1CCC2C3C(O)CC4CC(OCCNC(=O)Cc5ccc(O)cc5)CCC4(C)C3CC(O)C12C. The third-order valence-electron chi connectivity index (χ3n) is 12.6. The molecule has 0 saturated heterocycles. The molecule has 43 heavy (non-hydrogen) atoms. The van der Waals surface area contributed by atoms with Crippen LogP contribution in [0.15, 0.2) is 24.3 Å². The van der Waals surface area contributed by atoms with E-state index in [-0.39, 0.29) is 53.0 Å². The lowest BCUT2D eigenvalue weighted by atomic mass is 9.43. The van der Waals surface area contributed by atoms with E-state index in [4.69, 9.17) is 9.47 Å². The van der Waals surface area contributed by atoms with Gasteiger partial charge in [-0.05, 0) is 115 Å². The number of benzene rings is 1. The highest BCUT2D eigenvalue weighted by molar-refractivity contribution is 5.78. The fraction of sp³-hybridized carbons (Fsp3) is 0.771. The number of carbonyl (C=O) groups is 2. The summed E-state index contributed by atoms with van der Waals surface area (Å²) in [5.74, 6) is 1.72. The second kappa shape index (κ2) is 13.1. The molecule has 1 amide bonds. The van der Waals surface area contributed by atoms with E-state index in [1.807, 2.05) is 0 Å². The Labute approximate surface area is 256 Å². The van der Waals surface area contributed by atoms with Gasteiger partial charge in [-0.1, -0.05) is 32.9 Å². The molecule has 11 atom stereocenters. The van der Waals surface area contributed by atoms with Gasteiger partial charge >= 0.3 is 5.97 Å². The molecule has 4 saturated carbocycles. The molecule has 0 bridgehead atoms. The molecule has 240 valence electrons. The monoisotopic (exact) mass is 599 g/mol. The summed E-state index contributed by atoms with van der Waals surface area (Å²) in [5, 5.41) is 35.9. The van der Waals surface area contributed by atoms with Crippen LogP contribution in [0.4, 0.5) is 0 Å². The Hall–Kier alpha value is -2.16. The number of aromatic hydroxyl groups is 1. The first-order valence-electron chi connectivity index (χ1n) is 16.6. The number of aliphatic hydroxyl groups is 2. The first-order valence-corrected chi connectivity index (χ1v) is 16.6. The molecule has 1 aromatic rings. The number of esters is 1. The van der Waals surface area contributed by atoms with Crippen molar-refractivity contribution >= 4 is 11.9 Å². The Morgan fingerprint density at radius 2 is 1.79 bits per heavy atom. The molecular weight excluding hydrogens is 546 g/mol. The zero-order valence-electron chi connectivity index (χ0n) is 26.5. The quantitative estimate of drug-likeness (QED) is 0.228. The van der Waals surface area contributed by atoms with E-state index < -0.39 is 6.10 Å². The normalized spacial score (nSPS) is 39.2. The fourth-order valence-corrected chi connectivity index (χ4v) is 10.2. The summed E-state index contributed by atoms with van der Waals surface area (Å²) in [6, 6.07) is 6.66. The first kappa shape index (κ1) is 32.2. The maximum atomic E-state index is 12.3. The van der Waals surface area contributed by atoms with Crippen LogP contribution in [0.3, 0.4) is 0 Å². The van der Waals surface area contributed by atoms with Crippen molar-refractivity contribution in [1.29, 1.82) is 0 Å². The summed E-state index contributed by atoms with van der Waals surface area (Å²) in [7, 11) is 1.44. The van der Waals surface area contributed by atoms with Crippen molar-refractivity contribution in [2.75, 3.05) is 20.3 Å². The van der Waals surface area contributed by atoms with Gasteiger partial charge in [0.15, 0.2) is 0 Å². The number of phenols is 1. The molecule has 0 spiro atoms. The highest BCUT2D eigenvalue weighted by Crippen LogP contribution is 2.68. The van der Waals surface area contributed by atoms with E-state index in [1.54, 1.807) is 24.3 Å². The Morgan fingerprint density at radius 1 is 1.05 bits per heavy atom. The van der Waals surface area contributed by atoms with Gasteiger partial charge in [0.2, 0.25) is 5.91 Å². The van der Waals surface area contributed by atoms with Gasteiger partial charge in [0.1, 0.15) is 5.75 Å². The fourth-order valence-electron chi connectivity index (χ4n) is 10.2. The van der Waals surface area contributed by atoms with Crippen molar-refractivity contribution in [3.63, 3.8) is 0 Å². The molecule has 4 N–H and O–H groups in total. The second-order valence-corrected chi connectivity index (χ2v) is 14.6. The highest BCUT2D eigenvalue weighted by atomic mass is 16.5. The summed E-state index contributed by atoms with van der Waals surface area (Å²) in [6.45, 7) is 7.80. The van der Waals surface area contributed by atoms with Crippen LogP contribution in [0.1, 0.15) is 84.1 Å². The summed E-state index contributed by atoms with van der Waals surface area (Å²) in [6.07, 6.45) is 7.26. The van der Waals surface area contributed by atoms with Crippen LogP contribution < -0.4 is 5.32 Å². The van der Waals surface area contributed by atoms with Crippen molar-refractivity contribution < 1.29 is 34.4 Å². The lowest BCUT2D eigenvalue weighted by Crippen LogP contribution is -2.62. The third-order valence-corrected chi connectivity index (χ3v) is 12.6. The largest absolute Gasteiger partial charge is 0.508 e. The van der Waals surface area contributed by atoms with E-state index >= 15 is 0 Å². The smallest absolute Gasteiger partial charge is 0.305 e. The van der Waals surface area contributed by atoms with Crippen LogP contribution >= 0.6 is 0 Å². The Morgan fingerprint density at radius 3 is 2.51 bits per heavy atom. The second-order valence-electron chi connectivity index (χ2n) is 14.6. The molecule has 8 nitrogen and oxygen atoms in total. The Balaban J connectivity index is 1.15. The summed E-state index contributed by atoms with van der Waals surface area (Å²) in [4.78, 5) is 24.1. The molecule has 4 fully saturated rings. The van der Waals surface area contributed by atoms with Gasteiger partial charge in [-0.15, -0.1) is 0 Å². The van der Waals surface area contributed by atoms with Crippen LogP contribution in [-0.2, 0) is 25.5 Å². The highest BCUT2D eigenvalue weighted by Gasteiger charge is 2.65. The minimum atomic E-state index is -0.409. The molecule has 4 aliphatic rings.